The van der Waals surface area contributed by atoms with Gasteiger partial charge in [-0.25, -0.2) is 13.1 Å². The quantitative estimate of drug-likeness (QED) is 0.832. The third-order valence-electron chi connectivity index (χ3n) is 3.19. The number of benzene rings is 1. The van der Waals surface area contributed by atoms with Gasteiger partial charge in [-0.15, -0.1) is 0 Å². The molecule has 0 aliphatic carbocycles. The van der Waals surface area contributed by atoms with Gasteiger partial charge in [0.25, 0.3) is 0 Å². The topological polar surface area (TPSA) is 84.9 Å². The first kappa shape index (κ1) is 15.2. The van der Waals surface area contributed by atoms with Gasteiger partial charge in [-0.05, 0) is 30.5 Å². The number of methoxy groups -OCH3 is 1. The van der Waals surface area contributed by atoms with Crippen LogP contribution in [0.25, 0.3) is 0 Å². The van der Waals surface area contributed by atoms with E-state index in [1.165, 1.54) is 0 Å². The van der Waals surface area contributed by atoms with Crippen LogP contribution in [0.2, 0.25) is 0 Å². The maximum atomic E-state index is 12.0. The molecule has 1 aliphatic rings. The molecule has 1 aliphatic heterocycles. The van der Waals surface area contributed by atoms with Crippen LogP contribution in [-0.4, -0.2) is 38.8 Å². The Balaban J connectivity index is 1.91. The van der Waals surface area contributed by atoms with Crippen LogP contribution in [0.3, 0.4) is 0 Å². The summed E-state index contributed by atoms with van der Waals surface area (Å²) in [6, 6.07) is 7.15. The van der Waals surface area contributed by atoms with Crippen molar-refractivity contribution in [2.75, 3.05) is 13.7 Å². The number of aliphatic hydroxyl groups excluding tert-OH is 1. The van der Waals surface area contributed by atoms with Gasteiger partial charge in [-0.2, -0.15) is 0 Å². The third kappa shape index (κ3) is 3.92. The van der Waals surface area contributed by atoms with E-state index in [-0.39, 0.29) is 13.2 Å². The summed E-state index contributed by atoms with van der Waals surface area (Å²) in [4.78, 5) is 0. The van der Waals surface area contributed by atoms with Crippen LogP contribution in [-0.2, 0) is 21.3 Å². The van der Waals surface area contributed by atoms with Gasteiger partial charge in [0.05, 0.1) is 19.8 Å². The van der Waals surface area contributed by atoms with E-state index < -0.39 is 21.6 Å². The minimum atomic E-state index is -3.54. The lowest BCUT2D eigenvalue weighted by Crippen LogP contribution is -2.40. The number of hydrogen-bond donors (Lipinski definition) is 2. The van der Waals surface area contributed by atoms with Crippen LogP contribution < -0.4 is 9.46 Å². The van der Waals surface area contributed by atoms with Crippen LogP contribution in [0, 0.1) is 0 Å². The Morgan fingerprint density at radius 2 is 2.05 bits per heavy atom. The van der Waals surface area contributed by atoms with Crippen molar-refractivity contribution in [3.05, 3.63) is 29.8 Å². The molecule has 2 atom stereocenters. The molecule has 0 saturated carbocycles. The Hall–Kier alpha value is -1.15. The van der Waals surface area contributed by atoms with Gasteiger partial charge in [0.2, 0.25) is 10.0 Å². The summed E-state index contributed by atoms with van der Waals surface area (Å²) < 4.78 is 36.8. The minimum absolute atomic E-state index is 0.0636. The fourth-order valence-electron chi connectivity index (χ4n) is 1.98. The fraction of sp³-hybridized carbons (Fsp3) is 0.538. The summed E-state index contributed by atoms with van der Waals surface area (Å²) in [5.41, 5.74) is -0.0469. The molecule has 7 heteroatoms. The van der Waals surface area contributed by atoms with E-state index in [9.17, 15) is 13.5 Å². The zero-order chi connectivity index (χ0) is 14.6. The lowest BCUT2D eigenvalue weighted by Gasteiger charge is -2.26. The number of aliphatic hydroxyl groups is 1. The highest BCUT2D eigenvalue weighted by Crippen LogP contribution is 2.18. The average Bonchev–Trinajstić information content (AvgIpc) is 2.46. The normalized spacial score (nSPS) is 23.5. The molecule has 1 saturated heterocycles. The fourth-order valence-corrected chi connectivity index (χ4v) is 3.24. The first-order chi connectivity index (χ1) is 9.51. The zero-order valence-electron chi connectivity index (χ0n) is 11.3. The van der Waals surface area contributed by atoms with Gasteiger partial charge in [-0.3, -0.25) is 0 Å². The van der Waals surface area contributed by atoms with E-state index in [0.717, 1.165) is 11.3 Å². The van der Waals surface area contributed by atoms with Gasteiger partial charge in [0.1, 0.15) is 5.75 Å². The number of rotatable bonds is 5. The first-order valence-corrected chi connectivity index (χ1v) is 7.97. The van der Waals surface area contributed by atoms with Crippen molar-refractivity contribution in [2.24, 2.45) is 0 Å². The summed E-state index contributed by atoms with van der Waals surface area (Å²) in [5, 5.41) is 9.30. The Kier molecular flexibility index (Phi) is 4.98. The second-order valence-electron chi connectivity index (χ2n) is 4.71. The third-order valence-corrected chi connectivity index (χ3v) is 4.80. The molecular weight excluding hydrogens is 282 g/mol. The smallest absolute Gasteiger partial charge is 0.239 e. The van der Waals surface area contributed by atoms with Crippen LogP contribution in [0.5, 0.6) is 5.75 Å². The second kappa shape index (κ2) is 6.53. The van der Waals surface area contributed by atoms with Gasteiger partial charge >= 0.3 is 0 Å². The lowest BCUT2D eigenvalue weighted by molar-refractivity contribution is -0.0236. The second-order valence-corrected chi connectivity index (χ2v) is 6.61. The Morgan fingerprint density at radius 1 is 1.35 bits per heavy atom. The molecule has 2 unspecified atom stereocenters. The highest BCUT2D eigenvalue weighted by molar-refractivity contribution is 7.89. The van der Waals surface area contributed by atoms with E-state index in [4.69, 9.17) is 9.47 Å². The molecule has 0 radical (unpaired) electrons. The summed E-state index contributed by atoms with van der Waals surface area (Å²) in [6.45, 7) is 0.267. The molecule has 112 valence electrons. The highest BCUT2D eigenvalue weighted by atomic mass is 32.2. The van der Waals surface area contributed by atoms with E-state index in [0.29, 0.717) is 12.8 Å². The average molecular weight is 301 g/mol. The molecular formula is C13H19NO5S. The van der Waals surface area contributed by atoms with Gasteiger partial charge in [-0.1, -0.05) is 12.1 Å². The molecule has 1 fully saturated rings. The van der Waals surface area contributed by atoms with Crippen molar-refractivity contribution in [1.82, 2.24) is 4.72 Å². The maximum absolute atomic E-state index is 12.0. The van der Waals surface area contributed by atoms with Crippen molar-refractivity contribution in [3.63, 3.8) is 0 Å². The molecule has 20 heavy (non-hydrogen) atoms. The molecule has 1 heterocycles. The van der Waals surface area contributed by atoms with E-state index >= 15 is 0 Å². The lowest BCUT2D eigenvalue weighted by atomic mass is 10.2. The summed E-state index contributed by atoms with van der Waals surface area (Å²) in [7, 11) is -1.96. The van der Waals surface area contributed by atoms with Crippen molar-refractivity contribution in [1.29, 1.82) is 0 Å². The summed E-state index contributed by atoms with van der Waals surface area (Å²) in [6.07, 6.45) is 0.177. The standard InChI is InChI=1S/C13H19NO5S/c1-18-12-5-2-10(3-6-12)8-14-20(16,17)13-7-4-11(15)9-19-13/h2-3,5-6,11,13-15H,4,7-9H2,1H3. The molecule has 2 N–H and O–H groups in total. The summed E-state index contributed by atoms with van der Waals surface area (Å²) in [5.74, 6) is 0.723. The first-order valence-electron chi connectivity index (χ1n) is 6.42. The summed E-state index contributed by atoms with van der Waals surface area (Å²) >= 11 is 0. The largest absolute Gasteiger partial charge is 0.497 e. The van der Waals surface area contributed by atoms with Crippen molar-refractivity contribution < 1.29 is 23.0 Å². The Morgan fingerprint density at radius 3 is 2.60 bits per heavy atom. The maximum Gasteiger partial charge on any atom is 0.239 e. The van der Waals surface area contributed by atoms with E-state index in [1.54, 1.807) is 31.4 Å². The Bertz CT molecular complexity index is 520. The molecule has 0 spiro atoms. The van der Waals surface area contributed by atoms with Crippen molar-refractivity contribution >= 4 is 10.0 Å². The molecule has 2 rings (SSSR count). The van der Waals surface area contributed by atoms with Crippen LogP contribution >= 0.6 is 0 Å². The van der Waals surface area contributed by atoms with Crippen LogP contribution in [0.15, 0.2) is 24.3 Å². The van der Waals surface area contributed by atoms with Crippen LogP contribution in [0.4, 0.5) is 0 Å². The van der Waals surface area contributed by atoms with Crippen LogP contribution in [0.1, 0.15) is 18.4 Å². The zero-order valence-corrected chi connectivity index (χ0v) is 12.1. The van der Waals surface area contributed by atoms with Gasteiger partial charge in [0.15, 0.2) is 5.44 Å². The highest BCUT2D eigenvalue weighted by Gasteiger charge is 2.30. The molecule has 0 aromatic heterocycles. The molecule has 1 aromatic rings. The number of hydrogen-bond acceptors (Lipinski definition) is 5. The predicted molar refractivity (Wildman–Crippen MR) is 73.7 cm³/mol. The molecule has 0 bridgehead atoms. The minimum Gasteiger partial charge on any atom is -0.497 e. The molecule has 0 amide bonds. The predicted octanol–water partition coefficient (Wildman–Crippen LogP) is 0.612. The number of ether oxygens (including phenoxy) is 2. The van der Waals surface area contributed by atoms with E-state index in [1.807, 2.05) is 0 Å². The van der Waals surface area contributed by atoms with Gasteiger partial charge < -0.3 is 14.6 Å². The Labute approximate surface area is 118 Å². The number of nitrogens with one attached hydrogen (secondary N) is 1. The SMILES string of the molecule is COc1ccc(CNS(=O)(=O)C2CCC(O)CO2)cc1. The van der Waals surface area contributed by atoms with E-state index in [2.05, 4.69) is 4.72 Å². The van der Waals surface area contributed by atoms with Crippen molar-refractivity contribution in [3.8, 4) is 5.75 Å². The number of sulfonamides is 1. The van der Waals surface area contributed by atoms with Gasteiger partial charge in [0, 0.05) is 6.54 Å². The molecule has 6 nitrogen and oxygen atoms in total. The monoisotopic (exact) mass is 301 g/mol. The molecule has 1 aromatic carbocycles. The van der Waals surface area contributed by atoms with Crippen molar-refractivity contribution in [2.45, 2.75) is 30.9 Å².